The van der Waals surface area contributed by atoms with Gasteiger partial charge in [-0.1, -0.05) is 19.3 Å². The summed E-state index contributed by atoms with van der Waals surface area (Å²) < 4.78 is 1.14. The van der Waals surface area contributed by atoms with E-state index in [1.807, 2.05) is 6.07 Å². The lowest BCUT2D eigenvalue weighted by atomic mass is 9.84. The molecule has 1 aliphatic carbocycles. The molecule has 19 heavy (non-hydrogen) atoms. The number of hydrogen-bond acceptors (Lipinski definition) is 5. The topological polar surface area (TPSA) is 63.8 Å². The van der Waals surface area contributed by atoms with Crippen molar-refractivity contribution in [1.82, 2.24) is 9.97 Å². The van der Waals surface area contributed by atoms with Crippen LogP contribution in [-0.2, 0) is 0 Å². The third kappa shape index (κ3) is 2.72. The van der Waals surface area contributed by atoms with Crippen molar-refractivity contribution in [2.24, 2.45) is 11.7 Å². The number of nitrogens with zero attached hydrogens (tertiary/aromatic N) is 2. The summed E-state index contributed by atoms with van der Waals surface area (Å²) in [5, 5.41) is 5.62. The van der Waals surface area contributed by atoms with E-state index in [9.17, 15) is 0 Å². The van der Waals surface area contributed by atoms with Gasteiger partial charge in [0.15, 0.2) is 0 Å². The van der Waals surface area contributed by atoms with Crippen LogP contribution in [0.4, 0.5) is 5.82 Å². The molecule has 102 valence electrons. The summed E-state index contributed by atoms with van der Waals surface area (Å²) in [4.78, 5) is 8.67. The van der Waals surface area contributed by atoms with Crippen LogP contribution in [-0.4, -0.2) is 22.6 Å². The van der Waals surface area contributed by atoms with Gasteiger partial charge in [0.1, 0.15) is 12.1 Å². The first-order valence-corrected chi connectivity index (χ1v) is 7.91. The molecule has 1 saturated carbocycles. The Hall–Kier alpha value is -1.20. The van der Waals surface area contributed by atoms with E-state index in [0.717, 1.165) is 16.0 Å². The standard InChI is InChI=1S/C14H20N4S/c15-8-12(10-4-2-1-3-5-10)18-14-13-11(6-7-19-13)16-9-17-14/h6-7,9-10,12H,1-5,8,15H2,(H,16,17,18). The molecule has 3 rings (SSSR count). The summed E-state index contributed by atoms with van der Waals surface area (Å²) in [5.74, 6) is 1.63. The molecule has 0 radical (unpaired) electrons. The van der Waals surface area contributed by atoms with Crippen LogP contribution in [0.3, 0.4) is 0 Å². The fraction of sp³-hybridized carbons (Fsp3) is 0.571. The van der Waals surface area contributed by atoms with Gasteiger partial charge in [0.25, 0.3) is 0 Å². The third-order valence-electron chi connectivity index (χ3n) is 4.04. The molecular formula is C14H20N4S. The zero-order valence-electron chi connectivity index (χ0n) is 11.0. The van der Waals surface area contributed by atoms with Crippen LogP contribution >= 0.6 is 11.3 Å². The monoisotopic (exact) mass is 276 g/mol. The molecule has 2 aromatic rings. The van der Waals surface area contributed by atoms with Gasteiger partial charge in [-0.15, -0.1) is 11.3 Å². The molecule has 0 amide bonds. The third-order valence-corrected chi connectivity index (χ3v) is 4.95. The molecule has 0 aromatic carbocycles. The lowest BCUT2D eigenvalue weighted by Crippen LogP contribution is -2.37. The van der Waals surface area contributed by atoms with Crippen LogP contribution in [0, 0.1) is 5.92 Å². The first-order valence-electron chi connectivity index (χ1n) is 7.03. The Labute approximate surface area is 117 Å². The summed E-state index contributed by atoms with van der Waals surface area (Å²) in [6.45, 7) is 0.668. The maximum Gasteiger partial charge on any atom is 0.147 e. The van der Waals surface area contributed by atoms with Crippen molar-refractivity contribution in [3.63, 3.8) is 0 Å². The summed E-state index contributed by atoms with van der Waals surface area (Å²) in [6.07, 6.45) is 8.24. The zero-order chi connectivity index (χ0) is 13.1. The number of aromatic nitrogens is 2. The normalized spacial score (nSPS) is 18.6. The minimum Gasteiger partial charge on any atom is -0.364 e. The van der Waals surface area contributed by atoms with Crippen molar-refractivity contribution in [3.05, 3.63) is 17.8 Å². The van der Waals surface area contributed by atoms with E-state index in [2.05, 4.69) is 20.7 Å². The number of nitrogens with one attached hydrogen (secondary N) is 1. The molecule has 1 atom stereocenters. The number of fused-ring (bicyclic) bond motifs is 1. The highest BCUT2D eigenvalue weighted by atomic mass is 32.1. The predicted molar refractivity (Wildman–Crippen MR) is 80.5 cm³/mol. The van der Waals surface area contributed by atoms with Crippen LogP contribution in [0.1, 0.15) is 32.1 Å². The van der Waals surface area contributed by atoms with Crippen molar-refractivity contribution in [3.8, 4) is 0 Å². The molecule has 1 fully saturated rings. The molecular weight excluding hydrogens is 256 g/mol. The molecule has 0 bridgehead atoms. The lowest BCUT2D eigenvalue weighted by Gasteiger charge is -2.30. The molecule has 3 N–H and O–H groups in total. The van der Waals surface area contributed by atoms with E-state index in [1.54, 1.807) is 17.7 Å². The van der Waals surface area contributed by atoms with E-state index in [4.69, 9.17) is 5.73 Å². The van der Waals surface area contributed by atoms with Gasteiger partial charge >= 0.3 is 0 Å². The second-order valence-corrected chi connectivity index (χ2v) is 6.16. The first-order chi connectivity index (χ1) is 9.38. The molecule has 2 aromatic heterocycles. The fourth-order valence-electron chi connectivity index (χ4n) is 2.97. The number of hydrogen-bond donors (Lipinski definition) is 2. The van der Waals surface area contributed by atoms with Gasteiger partial charge in [0.05, 0.1) is 10.2 Å². The Morgan fingerprint density at radius 1 is 1.32 bits per heavy atom. The Bertz CT molecular complexity index is 533. The molecule has 0 aliphatic heterocycles. The first kappa shape index (κ1) is 12.8. The Morgan fingerprint density at radius 3 is 2.95 bits per heavy atom. The largest absolute Gasteiger partial charge is 0.364 e. The number of thiophene rings is 1. The fourth-order valence-corrected chi connectivity index (χ4v) is 3.77. The van der Waals surface area contributed by atoms with Crippen LogP contribution in [0.2, 0.25) is 0 Å². The van der Waals surface area contributed by atoms with E-state index < -0.39 is 0 Å². The van der Waals surface area contributed by atoms with Crippen LogP contribution in [0.25, 0.3) is 10.2 Å². The van der Waals surface area contributed by atoms with Crippen molar-refractivity contribution >= 4 is 27.4 Å². The highest BCUT2D eigenvalue weighted by Crippen LogP contribution is 2.30. The SMILES string of the molecule is NCC(Nc1ncnc2ccsc12)C1CCCCC1. The summed E-state index contributed by atoms with van der Waals surface area (Å²) in [5.41, 5.74) is 6.98. The summed E-state index contributed by atoms with van der Waals surface area (Å²) in [7, 11) is 0. The number of nitrogens with two attached hydrogens (primary N) is 1. The minimum atomic E-state index is 0.334. The van der Waals surface area contributed by atoms with Gasteiger partial charge in [-0.25, -0.2) is 9.97 Å². The molecule has 5 heteroatoms. The summed E-state index contributed by atoms with van der Waals surface area (Å²) >= 11 is 1.68. The molecule has 0 spiro atoms. The van der Waals surface area contributed by atoms with Gasteiger partial charge in [-0.05, 0) is 30.2 Å². The zero-order valence-corrected chi connectivity index (χ0v) is 11.8. The molecule has 2 heterocycles. The quantitative estimate of drug-likeness (QED) is 0.901. The average molecular weight is 276 g/mol. The van der Waals surface area contributed by atoms with Gasteiger partial charge in [-0.2, -0.15) is 0 Å². The lowest BCUT2D eigenvalue weighted by molar-refractivity contribution is 0.320. The Kier molecular flexibility index (Phi) is 3.94. The van der Waals surface area contributed by atoms with E-state index in [-0.39, 0.29) is 0 Å². The van der Waals surface area contributed by atoms with Crippen molar-refractivity contribution in [2.45, 2.75) is 38.1 Å². The van der Waals surface area contributed by atoms with Gasteiger partial charge in [0, 0.05) is 12.6 Å². The smallest absolute Gasteiger partial charge is 0.147 e. The number of rotatable bonds is 4. The van der Waals surface area contributed by atoms with Gasteiger partial charge < -0.3 is 11.1 Å². The molecule has 1 aliphatic rings. The van der Waals surface area contributed by atoms with E-state index in [0.29, 0.717) is 18.5 Å². The van der Waals surface area contributed by atoms with Crippen molar-refractivity contribution < 1.29 is 0 Å². The van der Waals surface area contributed by atoms with Crippen LogP contribution in [0.15, 0.2) is 17.8 Å². The Balaban J connectivity index is 1.79. The van der Waals surface area contributed by atoms with Gasteiger partial charge in [0.2, 0.25) is 0 Å². The highest BCUT2D eigenvalue weighted by Gasteiger charge is 2.23. The highest BCUT2D eigenvalue weighted by molar-refractivity contribution is 7.17. The summed E-state index contributed by atoms with van der Waals surface area (Å²) in [6, 6.07) is 2.37. The van der Waals surface area contributed by atoms with Crippen LogP contribution in [0.5, 0.6) is 0 Å². The number of anilines is 1. The molecule has 1 unspecified atom stereocenters. The minimum absolute atomic E-state index is 0.334. The second kappa shape index (κ2) is 5.84. The van der Waals surface area contributed by atoms with E-state index >= 15 is 0 Å². The van der Waals surface area contributed by atoms with Crippen LogP contribution < -0.4 is 11.1 Å². The molecule has 4 nitrogen and oxygen atoms in total. The van der Waals surface area contributed by atoms with E-state index in [1.165, 1.54) is 32.1 Å². The predicted octanol–water partition coefficient (Wildman–Crippen LogP) is 3.01. The average Bonchev–Trinajstić information content (AvgIpc) is 2.95. The van der Waals surface area contributed by atoms with Gasteiger partial charge in [-0.3, -0.25) is 0 Å². The maximum absolute atomic E-state index is 5.97. The van der Waals surface area contributed by atoms with Crippen molar-refractivity contribution in [2.75, 3.05) is 11.9 Å². The molecule has 0 saturated heterocycles. The van der Waals surface area contributed by atoms with Crippen molar-refractivity contribution in [1.29, 1.82) is 0 Å². The second-order valence-electron chi connectivity index (χ2n) is 5.24. The maximum atomic E-state index is 5.97. The Morgan fingerprint density at radius 2 is 2.16 bits per heavy atom.